The summed E-state index contributed by atoms with van der Waals surface area (Å²) in [7, 11) is 0. The Hall–Kier alpha value is -2.04. The Bertz CT molecular complexity index is 643. The van der Waals surface area contributed by atoms with Gasteiger partial charge in [-0.25, -0.2) is 4.39 Å². The molecule has 0 aliphatic carbocycles. The van der Waals surface area contributed by atoms with Crippen molar-refractivity contribution in [3.05, 3.63) is 51.8 Å². The molecule has 0 aliphatic rings. The van der Waals surface area contributed by atoms with E-state index in [0.29, 0.717) is 6.42 Å². The van der Waals surface area contributed by atoms with Crippen molar-refractivity contribution in [3.8, 4) is 0 Å². The molecule has 5 heteroatoms. The Morgan fingerprint density at radius 3 is 2.07 bits per heavy atom. The van der Waals surface area contributed by atoms with E-state index < -0.39 is 22.2 Å². The summed E-state index contributed by atoms with van der Waals surface area (Å²) in [6, 6.07) is 3.53. The summed E-state index contributed by atoms with van der Waals surface area (Å²) >= 11 is 0. The molecule has 0 atom stereocenters. The van der Waals surface area contributed by atoms with E-state index in [-0.39, 0.29) is 12.0 Å². The number of allylic oxidation sites excluding steroid dienone is 2. The number of nitro groups is 1. The summed E-state index contributed by atoms with van der Waals surface area (Å²) in [5, 5.41) is 11.0. The molecular formula is C24H36FNO3. The van der Waals surface area contributed by atoms with E-state index in [0.717, 1.165) is 38.2 Å². The van der Waals surface area contributed by atoms with Gasteiger partial charge in [-0.1, -0.05) is 76.5 Å². The summed E-state index contributed by atoms with van der Waals surface area (Å²) < 4.78 is 13.8. The summed E-state index contributed by atoms with van der Waals surface area (Å²) in [6.07, 6.45) is 19.8. The molecule has 0 aromatic heterocycles. The Balaban J connectivity index is 2.07. The number of benzene rings is 1. The van der Waals surface area contributed by atoms with E-state index >= 15 is 0 Å². The third-order valence-corrected chi connectivity index (χ3v) is 5.13. The molecule has 29 heavy (non-hydrogen) atoms. The van der Waals surface area contributed by atoms with Crippen LogP contribution in [-0.2, 0) is 0 Å². The molecule has 0 heterocycles. The van der Waals surface area contributed by atoms with Crippen molar-refractivity contribution in [1.82, 2.24) is 0 Å². The Kier molecular flexibility index (Phi) is 13.6. The number of hydrogen-bond acceptors (Lipinski definition) is 3. The van der Waals surface area contributed by atoms with Gasteiger partial charge in [0.15, 0.2) is 5.78 Å². The van der Waals surface area contributed by atoms with Gasteiger partial charge in [-0.3, -0.25) is 14.9 Å². The first-order valence-electron chi connectivity index (χ1n) is 11.2. The molecule has 1 aromatic rings. The molecule has 0 unspecified atom stereocenters. The van der Waals surface area contributed by atoms with Crippen molar-refractivity contribution < 1.29 is 14.1 Å². The number of nitro benzene ring substituents is 1. The fourth-order valence-electron chi connectivity index (χ4n) is 3.42. The Morgan fingerprint density at radius 2 is 1.48 bits per heavy atom. The molecule has 4 nitrogen and oxygen atoms in total. The summed E-state index contributed by atoms with van der Waals surface area (Å²) in [5.41, 5.74) is -0.823. The van der Waals surface area contributed by atoms with Gasteiger partial charge < -0.3 is 0 Å². The van der Waals surface area contributed by atoms with Gasteiger partial charge in [0.2, 0.25) is 0 Å². The second-order valence-corrected chi connectivity index (χ2v) is 7.65. The highest BCUT2D eigenvalue weighted by Gasteiger charge is 2.23. The third-order valence-electron chi connectivity index (χ3n) is 5.13. The van der Waals surface area contributed by atoms with Crippen LogP contribution in [0.4, 0.5) is 10.1 Å². The summed E-state index contributed by atoms with van der Waals surface area (Å²) in [6.45, 7) is 2.24. The highest BCUT2D eigenvalue weighted by atomic mass is 19.1. The zero-order chi connectivity index (χ0) is 21.3. The fourth-order valence-corrected chi connectivity index (χ4v) is 3.42. The molecule has 1 aromatic carbocycles. The first-order valence-corrected chi connectivity index (χ1v) is 11.2. The third kappa shape index (κ3) is 10.9. The van der Waals surface area contributed by atoms with Crippen LogP contribution >= 0.6 is 0 Å². The van der Waals surface area contributed by atoms with Gasteiger partial charge >= 0.3 is 0 Å². The number of carbonyl (C=O) groups is 1. The minimum atomic E-state index is -0.808. The first-order chi connectivity index (χ1) is 14.1. The standard InChI is InChI=1S/C24H36FNO3/c1-2-3-4-5-6-7-8-9-10-11-12-13-14-15-16-20-23(27)24-21(25)18-17-19-22(24)26(28)29/h9-10,17-19H,2-8,11-16,20H2,1H3/b10-9-. The maximum atomic E-state index is 13.8. The van der Waals surface area contributed by atoms with Crippen molar-refractivity contribution in [1.29, 1.82) is 0 Å². The zero-order valence-corrected chi connectivity index (χ0v) is 17.8. The lowest BCUT2D eigenvalue weighted by Crippen LogP contribution is -2.07. The fraction of sp³-hybridized carbons (Fsp3) is 0.625. The number of nitrogens with zero attached hydrogens (tertiary/aromatic N) is 1. The molecule has 0 radical (unpaired) electrons. The average molecular weight is 406 g/mol. The quantitative estimate of drug-likeness (QED) is 0.0868. The van der Waals surface area contributed by atoms with Crippen LogP contribution in [0.25, 0.3) is 0 Å². The smallest absolute Gasteiger partial charge is 0.283 e. The number of carbonyl (C=O) groups excluding carboxylic acids is 1. The van der Waals surface area contributed by atoms with Crippen molar-refractivity contribution >= 4 is 11.5 Å². The second kappa shape index (κ2) is 15.8. The van der Waals surface area contributed by atoms with Crippen LogP contribution in [0.5, 0.6) is 0 Å². The van der Waals surface area contributed by atoms with Crippen LogP contribution < -0.4 is 0 Å². The van der Waals surface area contributed by atoms with Gasteiger partial charge in [-0.05, 0) is 38.2 Å². The van der Waals surface area contributed by atoms with Gasteiger partial charge in [0.05, 0.1) is 4.92 Å². The zero-order valence-electron chi connectivity index (χ0n) is 17.8. The summed E-state index contributed by atoms with van der Waals surface area (Å²) in [4.78, 5) is 22.4. The van der Waals surface area contributed by atoms with Gasteiger partial charge in [-0.15, -0.1) is 0 Å². The SMILES string of the molecule is CCCCCCCC/C=C\CCCCCCCC(=O)c1c(F)cccc1[N+](=O)[O-]. The molecule has 0 saturated heterocycles. The maximum absolute atomic E-state index is 13.8. The molecular weight excluding hydrogens is 369 g/mol. The molecule has 0 N–H and O–H groups in total. The average Bonchev–Trinajstić information content (AvgIpc) is 2.70. The van der Waals surface area contributed by atoms with Crippen LogP contribution in [0.15, 0.2) is 30.4 Å². The van der Waals surface area contributed by atoms with E-state index in [1.54, 1.807) is 0 Å². The lowest BCUT2D eigenvalue weighted by atomic mass is 10.0. The van der Waals surface area contributed by atoms with Crippen LogP contribution in [0.2, 0.25) is 0 Å². The molecule has 162 valence electrons. The van der Waals surface area contributed by atoms with E-state index in [4.69, 9.17) is 0 Å². The monoisotopic (exact) mass is 405 g/mol. The van der Waals surface area contributed by atoms with Crippen LogP contribution in [0, 0.1) is 15.9 Å². The van der Waals surface area contributed by atoms with E-state index in [1.165, 1.54) is 57.1 Å². The molecule has 0 saturated carbocycles. The van der Waals surface area contributed by atoms with Crippen LogP contribution in [0.1, 0.15) is 107 Å². The Labute approximate surface area is 174 Å². The second-order valence-electron chi connectivity index (χ2n) is 7.65. The van der Waals surface area contributed by atoms with Gasteiger partial charge in [-0.2, -0.15) is 0 Å². The van der Waals surface area contributed by atoms with Gasteiger partial charge in [0.25, 0.3) is 5.69 Å². The number of Topliss-reactive ketones (excluding diaryl/α,β-unsaturated/α-hetero) is 1. The van der Waals surface area contributed by atoms with Gasteiger partial charge in [0, 0.05) is 12.5 Å². The molecule has 0 aliphatic heterocycles. The number of ketones is 1. The predicted octanol–water partition coefficient (Wildman–Crippen LogP) is 7.95. The van der Waals surface area contributed by atoms with Crippen LogP contribution in [-0.4, -0.2) is 10.7 Å². The molecule has 0 spiro atoms. The van der Waals surface area contributed by atoms with E-state index in [1.807, 2.05) is 0 Å². The minimum Gasteiger partial charge on any atom is -0.294 e. The van der Waals surface area contributed by atoms with Crippen LogP contribution in [0.3, 0.4) is 0 Å². The predicted molar refractivity (Wildman–Crippen MR) is 117 cm³/mol. The normalized spacial score (nSPS) is 11.2. The Morgan fingerprint density at radius 1 is 0.931 bits per heavy atom. The van der Waals surface area contributed by atoms with Crippen molar-refractivity contribution in [2.75, 3.05) is 0 Å². The largest absolute Gasteiger partial charge is 0.294 e. The van der Waals surface area contributed by atoms with E-state index in [2.05, 4.69) is 19.1 Å². The van der Waals surface area contributed by atoms with E-state index in [9.17, 15) is 19.3 Å². The number of unbranched alkanes of at least 4 members (excludes halogenated alkanes) is 11. The number of rotatable bonds is 17. The number of halogens is 1. The molecule has 0 amide bonds. The number of hydrogen-bond donors (Lipinski definition) is 0. The highest BCUT2D eigenvalue weighted by Crippen LogP contribution is 2.23. The van der Waals surface area contributed by atoms with Crippen molar-refractivity contribution in [3.63, 3.8) is 0 Å². The topological polar surface area (TPSA) is 60.2 Å². The van der Waals surface area contributed by atoms with Gasteiger partial charge in [0.1, 0.15) is 11.4 Å². The molecule has 0 bridgehead atoms. The maximum Gasteiger partial charge on any atom is 0.283 e. The highest BCUT2D eigenvalue weighted by molar-refractivity contribution is 6.00. The van der Waals surface area contributed by atoms with Crippen molar-refractivity contribution in [2.24, 2.45) is 0 Å². The summed E-state index contributed by atoms with van der Waals surface area (Å²) in [5.74, 6) is -1.29. The molecule has 0 fully saturated rings. The minimum absolute atomic E-state index is 0.153. The van der Waals surface area contributed by atoms with Crippen molar-refractivity contribution in [2.45, 2.75) is 96.8 Å². The molecule has 1 rings (SSSR count). The lowest BCUT2D eigenvalue weighted by Gasteiger charge is -2.04. The lowest BCUT2D eigenvalue weighted by molar-refractivity contribution is -0.385. The first kappa shape index (κ1) is 25.0.